The highest BCUT2D eigenvalue weighted by Gasteiger charge is 2.63. The van der Waals surface area contributed by atoms with E-state index in [1.54, 1.807) is 0 Å². The molecule has 4 heterocycles. The van der Waals surface area contributed by atoms with E-state index in [1.807, 2.05) is 6.92 Å². The smallest absolute Gasteiger partial charge is 0.248 e. The van der Waals surface area contributed by atoms with Crippen LogP contribution >= 0.6 is 0 Å². The molecule has 0 aromatic heterocycles. The number of hydrogen-bond donors (Lipinski definition) is 2. The van der Waals surface area contributed by atoms with Crippen LogP contribution in [-0.4, -0.2) is 97.9 Å². The lowest BCUT2D eigenvalue weighted by Gasteiger charge is -2.50. The average Bonchev–Trinajstić information content (AvgIpc) is 3.25. The lowest BCUT2D eigenvalue weighted by molar-refractivity contribution is -0.713. The molecule has 9 atom stereocenters. The van der Waals surface area contributed by atoms with Crippen LogP contribution in [0.2, 0.25) is 0 Å². The molecule has 4 aliphatic heterocycles. The Labute approximate surface area is 216 Å². The first-order valence-corrected chi connectivity index (χ1v) is 15.0. The van der Waals surface area contributed by atoms with Crippen molar-refractivity contribution in [2.45, 2.75) is 95.0 Å². The summed E-state index contributed by atoms with van der Waals surface area (Å²) in [5.41, 5.74) is 0. The molecule has 0 radical (unpaired) electrons. The van der Waals surface area contributed by atoms with Crippen LogP contribution in [-0.2, 0) is 19.1 Å². The zero-order chi connectivity index (χ0) is 24.6. The van der Waals surface area contributed by atoms with E-state index >= 15 is 0 Å². The lowest BCUT2D eigenvalue weighted by atomic mass is 9.66. The topological polar surface area (TPSA) is 87.7 Å². The number of nitrogens with one attached hydrogen (secondary N) is 1. The molecule has 0 aromatic carbocycles. The molecule has 0 aromatic rings. The molecule has 3 N–H and O–H groups in total. The van der Waals surface area contributed by atoms with Crippen molar-refractivity contribution in [2.75, 3.05) is 45.9 Å². The van der Waals surface area contributed by atoms with Gasteiger partial charge < -0.3 is 25.0 Å². The summed E-state index contributed by atoms with van der Waals surface area (Å²) < 4.78 is 11.8. The second-order valence-electron chi connectivity index (χ2n) is 12.4. The van der Waals surface area contributed by atoms with Crippen molar-refractivity contribution in [3.8, 4) is 0 Å². The van der Waals surface area contributed by atoms with Crippen molar-refractivity contribution < 1.29 is 24.4 Å². The minimum atomic E-state index is -0.420. The van der Waals surface area contributed by atoms with Gasteiger partial charge in [0.25, 0.3) is 0 Å². The fourth-order valence-corrected chi connectivity index (χ4v) is 8.93. The molecule has 0 spiro atoms. The maximum atomic E-state index is 13.7. The second-order valence-corrected chi connectivity index (χ2v) is 12.4. The molecule has 6 aliphatic rings. The molecule has 6 fully saturated rings. The van der Waals surface area contributed by atoms with Crippen molar-refractivity contribution in [1.82, 2.24) is 15.1 Å². The number of piperidine rings is 2. The first kappa shape index (κ1) is 25.1. The number of carbonyl (C=O) groups excluding carboxylic acids is 2. The highest BCUT2D eigenvalue weighted by atomic mass is 16.5. The van der Waals surface area contributed by atoms with Gasteiger partial charge in [0.15, 0.2) is 0 Å². The predicted molar refractivity (Wildman–Crippen MR) is 135 cm³/mol. The standard InChI is InChI=1S/C28H46N4O4/c1-18(27(33)30-10-4-12-31-13-15-35-16-14-31)36-19-7-8-24-23(17-19)21-9-11-29-25-20-5-2-3-6-22(20)28(34)32(24)26(21)25/h18-26,29H,2-17H2,1H3,(H,30,33)/p+1. The first-order chi connectivity index (χ1) is 17.6. The quantitative estimate of drug-likeness (QED) is 0.501. The third kappa shape index (κ3) is 4.72. The largest absolute Gasteiger partial charge is 0.379 e. The number of ether oxygens (including phenoxy) is 2. The number of carbonyl (C=O) groups is 2. The SMILES string of the molecule is CC(OC1CCC2C(C1)C1CC[NH2+]C3C4CCCCC4C(=O)N2C13)C(=O)NCCCN1CCOCC1. The number of rotatable bonds is 7. The minimum absolute atomic E-state index is 0.00882. The number of nitrogens with two attached hydrogens (primary N) is 1. The van der Waals surface area contributed by atoms with E-state index in [-0.39, 0.29) is 17.9 Å². The summed E-state index contributed by atoms with van der Waals surface area (Å²) in [5.74, 6) is 2.52. The van der Waals surface area contributed by atoms with E-state index in [4.69, 9.17) is 9.47 Å². The summed E-state index contributed by atoms with van der Waals surface area (Å²) in [7, 11) is 0. The van der Waals surface area contributed by atoms with Crippen LogP contribution in [0.4, 0.5) is 0 Å². The van der Waals surface area contributed by atoms with Gasteiger partial charge in [-0.2, -0.15) is 0 Å². The molecule has 8 nitrogen and oxygen atoms in total. The minimum Gasteiger partial charge on any atom is -0.379 e. The van der Waals surface area contributed by atoms with Gasteiger partial charge in [0.2, 0.25) is 11.8 Å². The molecule has 2 saturated carbocycles. The number of morpholine rings is 1. The van der Waals surface area contributed by atoms with E-state index in [2.05, 4.69) is 20.4 Å². The molecule has 6 rings (SSSR count). The van der Waals surface area contributed by atoms with Crippen LogP contribution in [0.5, 0.6) is 0 Å². The molecule has 8 heteroatoms. The van der Waals surface area contributed by atoms with Crippen molar-refractivity contribution >= 4 is 11.8 Å². The normalized spacial score (nSPS) is 41.2. The summed E-state index contributed by atoms with van der Waals surface area (Å²) in [4.78, 5) is 31.3. The van der Waals surface area contributed by atoms with Gasteiger partial charge in [-0.15, -0.1) is 0 Å². The maximum Gasteiger partial charge on any atom is 0.248 e. The Hall–Kier alpha value is -1.22. The van der Waals surface area contributed by atoms with E-state index in [9.17, 15) is 9.59 Å². The monoisotopic (exact) mass is 503 g/mol. The summed E-state index contributed by atoms with van der Waals surface area (Å²) in [6.07, 6.45) is 9.75. The van der Waals surface area contributed by atoms with E-state index < -0.39 is 6.10 Å². The molecule has 202 valence electrons. The van der Waals surface area contributed by atoms with Crippen LogP contribution in [0.3, 0.4) is 0 Å². The Morgan fingerprint density at radius 1 is 1.11 bits per heavy atom. The molecule has 0 bridgehead atoms. The van der Waals surface area contributed by atoms with E-state index in [1.165, 1.54) is 32.2 Å². The number of fused-ring (bicyclic) bond motifs is 5. The Balaban J connectivity index is 1.02. The molecule has 9 unspecified atom stereocenters. The van der Waals surface area contributed by atoms with Gasteiger partial charge in [-0.05, 0) is 63.8 Å². The lowest BCUT2D eigenvalue weighted by Crippen LogP contribution is -2.98. The van der Waals surface area contributed by atoms with Gasteiger partial charge in [-0.1, -0.05) is 12.8 Å². The van der Waals surface area contributed by atoms with Crippen LogP contribution in [0.15, 0.2) is 0 Å². The maximum absolute atomic E-state index is 13.7. The van der Waals surface area contributed by atoms with Crippen molar-refractivity contribution in [3.05, 3.63) is 0 Å². The van der Waals surface area contributed by atoms with Gasteiger partial charge in [0.05, 0.1) is 31.9 Å². The number of quaternary nitrogens is 1. The molecular formula is C28H47N4O4+. The second kappa shape index (κ2) is 10.9. The third-order valence-corrected chi connectivity index (χ3v) is 10.5. The van der Waals surface area contributed by atoms with Crippen molar-refractivity contribution in [1.29, 1.82) is 0 Å². The highest BCUT2D eigenvalue weighted by molar-refractivity contribution is 5.82. The van der Waals surface area contributed by atoms with E-state index in [0.717, 1.165) is 65.0 Å². The molecule has 2 aliphatic carbocycles. The fourth-order valence-electron chi connectivity index (χ4n) is 8.93. The van der Waals surface area contributed by atoms with Crippen LogP contribution in [0.25, 0.3) is 0 Å². The third-order valence-electron chi connectivity index (χ3n) is 10.5. The summed E-state index contributed by atoms with van der Waals surface area (Å²) >= 11 is 0. The average molecular weight is 504 g/mol. The number of nitrogens with zero attached hydrogens (tertiary/aromatic N) is 2. The van der Waals surface area contributed by atoms with Crippen LogP contribution < -0.4 is 10.6 Å². The van der Waals surface area contributed by atoms with Crippen molar-refractivity contribution in [3.63, 3.8) is 0 Å². The summed E-state index contributed by atoms with van der Waals surface area (Å²) in [6.45, 7) is 8.41. The Morgan fingerprint density at radius 2 is 1.94 bits per heavy atom. The summed E-state index contributed by atoms with van der Waals surface area (Å²) in [6, 6.07) is 1.44. The van der Waals surface area contributed by atoms with Crippen molar-refractivity contribution in [2.24, 2.45) is 23.7 Å². The molecule has 2 amide bonds. The van der Waals surface area contributed by atoms with Gasteiger partial charge in [0.1, 0.15) is 12.1 Å². The van der Waals surface area contributed by atoms with E-state index in [0.29, 0.717) is 48.3 Å². The van der Waals surface area contributed by atoms with Crippen LogP contribution in [0.1, 0.15) is 64.7 Å². The van der Waals surface area contributed by atoms with Gasteiger partial charge >= 0.3 is 0 Å². The number of amides is 2. The zero-order valence-corrected chi connectivity index (χ0v) is 22.1. The molecule has 36 heavy (non-hydrogen) atoms. The number of hydrogen-bond acceptors (Lipinski definition) is 5. The van der Waals surface area contributed by atoms with Gasteiger partial charge in [-0.3, -0.25) is 14.5 Å². The molecule has 4 saturated heterocycles. The zero-order valence-electron chi connectivity index (χ0n) is 22.1. The Kier molecular flexibility index (Phi) is 7.57. The molecular weight excluding hydrogens is 456 g/mol. The summed E-state index contributed by atoms with van der Waals surface area (Å²) in [5, 5.41) is 5.69. The first-order valence-electron chi connectivity index (χ1n) is 15.0. The predicted octanol–water partition coefficient (Wildman–Crippen LogP) is 0.750. The Morgan fingerprint density at radius 3 is 2.81 bits per heavy atom. The van der Waals surface area contributed by atoms with Gasteiger partial charge in [0, 0.05) is 43.9 Å². The Bertz CT molecular complexity index is 804. The fraction of sp³-hybridized carbons (Fsp3) is 0.929. The highest BCUT2D eigenvalue weighted by Crippen LogP contribution is 2.53. The van der Waals surface area contributed by atoms with Crippen LogP contribution in [0, 0.1) is 23.7 Å². The van der Waals surface area contributed by atoms with Gasteiger partial charge in [-0.25, -0.2) is 0 Å².